The molecule has 96 valence electrons. The number of phenolic OH excluding ortho intramolecular Hbond substituents is 1. The van der Waals surface area contributed by atoms with Gasteiger partial charge in [0.25, 0.3) is 0 Å². The summed E-state index contributed by atoms with van der Waals surface area (Å²) in [6.45, 7) is 5.93. The highest BCUT2D eigenvalue weighted by Crippen LogP contribution is 2.33. The van der Waals surface area contributed by atoms with E-state index in [-0.39, 0.29) is 23.5 Å². The summed E-state index contributed by atoms with van der Waals surface area (Å²) in [6, 6.07) is 2.62. The Bertz CT molecular complexity index is 377. The van der Waals surface area contributed by atoms with E-state index in [2.05, 4.69) is 13.8 Å². The fourth-order valence-electron chi connectivity index (χ4n) is 2.20. The van der Waals surface area contributed by atoms with Gasteiger partial charge < -0.3 is 10.8 Å². The van der Waals surface area contributed by atoms with Crippen LogP contribution in [0.2, 0.25) is 0 Å². The Labute approximate surface area is 103 Å². The maximum Gasteiger partial charge on any atom is 0.130 e. The predicted molar refractivity (Wildman–Crippen MR) is 68.6 cm³/mol. The first-order valence-corrected chi connectivity index (χ1v) is 6.29. The average Bonchev–Trinajstić information content (AvgIpc) is 2.26. The molecule has 0 saturated heterocycles. The highest BCUT2D eigenvalue weighted by Gasteiger charge is 2.17. The molecule has 3 N–H and O–H groups in total. The second-order valence-corrected chi connectivity index (χ2v) is 4.62. The normalized spacial score (nSPS) is 14.6. The molecule has 1 aromatic rings. The molecule has 2 atom stereocenters. The van der Waals surface area contributed by atoms with Gasteiger partial charge in [0.1, 0.15) is 11.6 Å². The SMILES string of the molecule is CCCC(CC)c1cc(C(C)N)c(O)cc1F. The minimum absolute atomic E-state index is 0.0485. The van der Waals surface area contributed by atoms with Crippen molar-refractivity contribution in [3.63, 3.8) is 0 Å². The Morgan fingerprint density at radius 1 is 1.29 bits per heavy atom. The van der Waals surface area contributed by atoms with Crippen LogP contribution in [0.3, 0.4) is 0 Å². The van der Waals surface area contributed by atoms with Crippen LogP contribution in [0.4, 0.5) is 4.39 Å². The molecule has 0 aliphatic carbocycles. The van der Waals surface area contributed by atoms with Gasteiger partial charge in [-0.1, -0.05) is 20.3 Å². The molecular formula is C14H22FNO. The van der Waals surface area contributed by atoms with Gasteiger partial charge >= 0.3 is 0 Å². The number of halogens is 1. The lowest BCUT2D eigenvalue weighted by molar-refractivity contribution is 0.452. The van der Waals surface area contributed by atoms with E-state index in [1.165, 1.54) is 6.07 Å². The molecule has 0 saturated carbocycles. The van der Waals surface area contributed by atoms with Gasteiger partial charge in [-0.2, -0.15) is 0 Å². The van der Waals surface area contributed by atoms with Gasteiger partial charge in [-0.15, -0.1) is 0 Å². The van der Waals surface area contributed by atoms with Crippen molar-refractivity contribution < 1.29 is 9.50 Å². The molecule has 2 nitrogen and oxygen atoms in total. The molecule has 0 bridgehead atoms. The van der Waals surface area contributed by atoms with Crippen LogP contribution >= 0.6 is 0 Å². The highest BCUT2D eigenvalue weighted by molar-refractivity contribution is 5.40. The zero-order valence-corrected chi connectivity index (χ0v) is 10.8. The molecule has 17 heavy (non-hydrogen) atoms. The number of hydrogen-bond donors (Lipinski definition) is 2. The van der Waals surface area contributed by atoms with E-state index in [0.717, 1.165) is 19.3 Å². The van der Waals surface area contributed by atoms with Crippen LogP contribution in [0.5, 0.6) is 5.75 Å². The molecule has 1 aromatic carbocycles. The minimum atomic E-state index is -0.327. The Balaban J connectivity index is 3.18. The molecule has 1 rings (SSSR count). The van der Waals surface area contributed by atoms with Crippen molar-refractivity contribution in [2.75, 3.05) is 0 Å². The van der Waals surface area contributed by atoms with Crippen molar-refractivity contribution in [1.82, 2.24) is 0 Å². The second-order valence-electron chi connectivity index (χ2n) is 4.62. The third-order valence-electron chi connectivity index (χ3n) is 3.21. The van der Waals surface area contributed by atoms with Gasteiger partial charge in [0.15, 0.2) is 0 Å². The number of benzene rings is 1. The molecule has 0 fully saturated rings. The third kappa shape index (κ3) is 3.19. The summed E-state index contributed by atoms with van der Waals surface area (Å²) in [6.07, 6.45) is 2.87. The molecule has 0 heterocycles. The number of nitrogens with two attached hydrogens (primary N) is 1. The van der Waals surface area contributed by atoms with Crippen LogP contribution in [0.15, 0.2) is 12.1 Å². The van der Waals surface area contributed by atoms with Gasteiger partial charge in [0.05, 0.1) is 0 Å². The fraction of sp³-hybridized carbons (Fsp3) is 0.571. The maximum absolute atomic E-state index is 13.9. The lowest BCUT2D eigenvalue weighted by atomic mass is 9.89. The summed E-state index contributed by atoms with van der Waals surface area (Å²) in [5.41, 5.74) is 7.07. The Morgan fingerprint density at radius 2 is 1.94 bits per heavy atom. The zero-order valence-electron chi connectivity index (χ0n) is 10.8. The Hall–Kier alpha value is -1.09. The molecule has 0 aliphatic heterocycles. The summed E-state index contributed by atoms with van der Waals surface area (Å²) >= 11 is 0. The molecule has 3 heteroatoms. The van der Waals surface area contributed by atoms with Crippen LogP contribution in [0.1, 0.15) is 63.1 Å². The molecular weight excluding hydrogens is 217 g/mol. The third-order valence-corrected chi connectivity index (χ3v) is 3.21. The van der Waals surface area contributed by atoms with E-state index in [4.69, 9.17) is 5.73 Å². The van der Waals surface area contributed by atoms with E-state index < -0.39 is 0 Å². The predicted octanol–water partition coefficient (Wildman–Crippen LogP) is 3.84. The van der Waals surface area contributed by atoms with Crippen LogP contribution in [0.25, 0.3) is 0 Å². The highest BCUT2D eigenvalue weighted by atomic mass is 19.1. The largest absolute Gasteiger partial charge is 0.508 e. The first-order chi connectivity index (χ1) is 8.01. The molecule has 2 unspecified atom stereocenters. The van der Waals surface area contributed by atoms with E-state index in [1.807, 2.05) is 0 Å². The molecule has 0 aromatic heterocycles. The van der Waals surface area contributed by atoms with Gasteiger partial charge in [-0.05, 0) is 37.3 Å². The summed E-state index contributed by atoms with van der Waals surface area (Å²) in [7, 11) is 0. The van der Waals surface area contributed by atoms with Crippen molar-refractivity contribution >= 4 is 0 Å². The van der Waals surface area contributed by atoms with Gasteiger partial charge in [-0.3, -0.25) is 0 Å². The molecule has 0 amide bonds. The van der Waals surface area contributed by atoms with E-state index in [0.29, 0.717) is 11.1 Å². The van der Waals surface area contributed by atoms with Crippen LogP contribution in [0, 0.1) is 5.82 Å². The van der Waals surface area contributed by atoms with Crippen LogP contribution in [-0.4, -0.2) is 5.11 Å². The van der Waals surface area contributed by atoms with Crippen LogP contribution in [-0.2, 0) is 0 Å². The first kappa shape index (κ1) is 14.0. The zero-order chi connectivity index (χ0) is 13.0. The van der Waals surface area contributed by atoms with Crippen molar-refractivity contribution in [1.29, 1.82) is 0 Å². The number of rotatable bonds is 5. The summed E-state index contributed by atoms with van der Waals surface area (Å²) in [5.74, 6) is -0.169. The van der Waals surface area contributed by atoms with E-state index in [1.54, 1.807) is 13.0 Å². The average molecular weight is 239 g/mol. The summed E-state index contributed by atoms with van der Waals surface area (Å²) < 4.78 is 13.9. The van der Waals surface area contributed by atoms with Gasteiger partial charge in [0, 0.05) is 17.7 Å². The standard InChI is InChI=1S/C14H22FNO/c1-4-6-10(5-2)12-7-11(9(3)16)14(17)8-13(12)15/h7-10,17H,4-6,16H2,1-3H3. The topological polar surface area (TPSA) is 46.2 Å². The first-order valence-electron chi connectivity index (χ1n) is 6.29. The maximum atomic E-state index is 13.9. The number of phenols is 1. The Kier molecular flexibility index (Phi) is 4.94. The van der Waals surface area contributed by atoms with Crippen molar-refractivity contribution in [2.24, 2.45) is 5.73 Å². The molecule has 0 radical (unpaired) electrons. The second kappa shape index (κ2) is 6.01. The smallest absolute Gasteiger partial charge is 0.130 e. The molecule has 0 aliphatic rings. The molecule has 0 spiro atoms. The number of aromatic hydroxyl groups is 1. The van der Waals surface area contributed by atoms with E-state index in [9.17, 15) is 9.50 Å². The van der Waals surface area contributed by atoms with E-state index >= 15 is 0 Å². The van der Waals surface area contributed by atoms with Crippen molar-refractivity contribution in [3.8, 4) is 5.75 Å². The summed E-state index contributed by atoms with van der Waals surface area (Å²) in [4.78, 5) is 0. The Morgan fingerprint density at radius 3 is 2.41 bits per heavy atom. The van der Waals surface area contributed by atoms with Crippen molar-refractivity contribution in [2.45, 2.75) is 52.0 Å². The summed E-state index contributed by atoms with van der Waals surface area (Å²) in [5, 5.41) is 9.65. The van der Waals surface area contributed by atoms with Crippen LogP contribution < -0.4 is 5.73 Å². The fourth-order valence-corrected chi connectivity index (χ4v) is 2.20. The monoisotopic (exact) mass is 239 g/mol. The van der Waals surface area contributed by atoms with Crippen molar-refractivity contribution in [3.05, 3.63) is 29.1 Å². The lowest BCUT2D eigenvalue weighted by Gasteiger charge is -2.18. The minimum Gasteiger partial charge on any atom is -0.508 e. The number of hydrogen-bond acceptors (Lipinski definition) is 2. The quantitative estimate of drug-likeness (QED) is 0.820. The van der Waals surface area contributed by atoms with Gasteiger partial charge in [0.2, 0.25) is 0 Å². The lowest BCUT2D eigenvalue weighted by Crippen LogP contribution is -2.08. The van der Waals surface area contributed by atoms with Gasteiger partial charge in [-0.25, -0.2) is 4.39 Å².